The molecule has 1 aromatic carbocycles. The van der Waals surface area contributed by atoms with Crippen molar-refractivity contribution in [2.24, 2.45) is 0 Å². The number of para-hydroxylation sites is 2. The van der Waals surface area contributed by atoms with E-state index >= 15 is 0 Å². The van der Waals surface area contributed by atoms with Crippen molar-refractivity contribution in [3.05, 3.63) is 41.7 Å². The van der Waals surface area contributed by atoms with Crippen molar-refractivity contribution < 1.29 is 13.9 Å². The van der Waals surface area contributed by atoms with Crippen LogP contribution in [0.3, 0.4) is 0 Å². The molecule has 0 spiro atoms. The number of ether oxygens (including phenoxy) is 1. The SMILES string of the molecule is CCOC(=O)c1cnc(Nc2nc3ccccc3o2)nc1CCl. The van der Waals surface area contributed by atoms with Gasteiger partial charge in [0, 0.05) is 6.20 Å². The minimum absolute atomic E-state index is 0.0545. The van der Waals surface area contributed by atoms with E-state index in [1.54, 1.807) is 6.92 Å². The smallest absolute Gasteiger partial charge is 0.341 e. The van der Waals surface area contributed by atoms with Crippen molar-refractivity contribution in [3.8, 4) is 0 Å². The van der Waals surface area contributed by atoms with E-state index in [-0.39, 0.29) is 30.0 Å². The Morgan fingerprint density at radius 3 is 2.91 bits per heavy atom. The monoisotopic (exact) mass is 332 g/mol. The molecule has 118 valence electrons. The summed E-state index contributed by atoms with van der Waals surface area (Å²) >= 11 is 5.85. The molecule has 0 unspecified atom stereocenters. The number of halogens is 1. The van der Waals surface area contributed by atoms with Gasteiger partial charge in [-0.25, -0.2) is 14.8 Å². The number of nitrogens with zero attached hydrogens (tertiary/aromatic N) is 3. The summed E-state index contributed by atoms with van der Waals surface area (Å²) in [6.45, 7) is 1.99. The van der Waals surface area contributed by atoms with E-state index in [0.29, 0.717) is 11.3 Å². The Morgan fingerprint density at radius 1 is 1.35 bits per heavy atom. The first-order chi connectivity index (χ1) is 11.2. The number of oxazole rings is 1. The highest BCUT2D eigenvalue weighted by molar-refractivity contribution is 6.17. The van der Waals surface area contributed by atoms with Gasteiger partial charge in [0.1, 0.15) is 11.1 Å². The van der Waals surface area contributed by atoms with Gasteiger partial charge in [0.25, 0.3) is 0 Å². The zero-order valence-corrected chi connectivity index (χ0v) is 13.0. The van der Waals surface area contributed by atoms with Crippen LogP contribution in [0.4, 0.5) is 12.0 Å². The number of rotatable bonds is 5. The van der Waals surface area contributed by atoms with E-state index in [1.807, 2.05) is 24.3 Å². The van der Waals surface area contributed by atoms with Crippen molar-refractivity contribution in [2.45, 2.75) is 12.8 Å². The fourth-order valence-corrected chi connectivity index (χ4v) is 2.18. The summed E-state index contributed by atoms with van der Waals surface area (Å²) in [5, 5.41) is 2.86. The lowest BCUT2D eigenvalue weighted by molar-refractivity contribution is 0.0524. The van der Waals surface area contributed by atoms with Gasteiger partial charge in [-0.1, -0.05) is 12.1 Å². The van der Waals surface area contributed by atoms with Crippen LogP contribution in [0.5, 0.6) is 0 Å². The maximum Gasteiger partial charge on any atom is 0.341 e. The number of aromatic nitrogens is 3. The number of fused-ring (bicyclic) bond motifs is 1. The number of hydrogen-bond donors (Lipinski definition) is 1. The van der Waals surface area contributed by atoms with E-state index in [2.05, 4.69) is 20.3 Å². The van der Waals surface area contributed by atoms with Gasteiger partial charge >= 0.3 is 12.0 Å². The topological polar surface area (TPSA) is 90.1 Å². The minimum atomic E-state index is -0.503. The maximum absolute atomic E-state index is 11.8. The highest BCUT2D eigenvalue weighted by atomic mass is 35.5. The predicted octanol–water partition coefficient (Wildman–Crippen LogP) is 3.28. The fourth-order valence-electron chi connectivity index (χ4n) is 1.98. The number of nitrogens with one attached hydrogen (secondary N) is 1. The lowest BCUT2D eigenvalue weighted by atomic mass is 10.2. The molecule has 2 aromatic heterocycles. The third kappa shape index (κ3) is 3.24. The molecule has 8 heteroatoms. The summed E-state index contributed by atoms with van der Waals surface area (Å²) in [4.78, 5) is 24.3. The predicted molar refractivity (Wildman–Crippen MR) is 84.8 cm³/mol. The molecular formula is C15H13ClN4O3. The van der Waals surface area contributed by atoms with Crippen LogP contribution < -0.4 is 5.32 Å². The maximum atomic E-state index is 11.8. The fraction of sp³-hybridized carbons (Fsp3) is 0.200. The summed E-state index contributed by atoms with van der Waals surface area (Å²) in [5.41, 5.74) is 1.98. The van der Waals surface area contributed by atoms with Crippen LogP contribution in [0, 0.1) is 0 Å². The molecule has 0 aliphatic rings. The summed E-state index contributed by atoms with van der Waals surface area (Å²) in [6.07, 6.45) is 1.37. The van der Waals surface area contributed by atoms with Crippen LogP contribution in [0.2, 0.25) is 0 Å². The van der Waals surface area contributed by atoms with Gasteiger partial charge in [0.2, 0.25) is 5.95 Å². The lowest BCUT2D eigenvalue weighted by Gasteiger charge is -2.07. The summed E-state index contributed by atoms with van der Waals surface area (Å²) in [6, 6.07) is 7.62. The van der Waals surface area contributed by atoms with Crippen LogP contribution in [0.25, 0.3) is 11.1 Å². The van der Waals surface area contributed by atoms with Crippen LogP contribution in [-0.4, -0.2) is 27.5 Å². The average molecular weight is 333 g/mol. The van der Waals surface area contributed by atoms with Gasteiger partial charge in [-0.2, -0.15) is 4.98 Å². The van der Waals surface area contributed by atoms with Crippen LogP contribution in [0.1, 0.15) is 23.0 Å². The Kier molecular flexibility index (Phi) is 4.38. The van der Waals surface area contributed by atoms with Gasteiger partial charge in [-0.3, -0.25) is 5.32 Å². The number of alkyl halides is 1. The first-order valence-corrected chi connectivity index (χ1v) is 7.46. The van der Waals surface area contributed by atoms with Crippen molar-refractivity contribution in [2.75, 3.05) is 11.9 Å². The second-order valence-electron chi connectivity index (χ2n) is 4.52. The molecule has 0 aliphatic heterocycles. The third-order valence-corrected chi connectivity index (χ3v) is 3.26. The van der Waals surface area contributed by atoms with E-state index in [4.69, 9.17) is 20.8 Å². The summed E-state index contributed by atoms with van der Waals surface area (Å²) in [5.74, 6) is -0.212. The van der Waals surface area contributed by atoms with Gasteiger partial charge in [0.15, 0.2) is 5.58 Å². The number of esters is 1. The van der Waals surface area contributed by atoms with Gasteiger partial charge in [-0.05, 0) is 19.1 Å². The van der Waals surface area contributed by atoms with E-state index in [9.17, 15) is 4.79 Å². The Balaban J connectivity index is 1.86. The van der Waals surface area contributed by atoms with Crippen molar-refractivity contribution in [1.29, 1.82) is 0 Å². The number of carbonyl (C=O) groups excluding carboxylic acids is 1. The second kappa shape index (κ2) is 6.62. The Bertz CT molecular complexity index is 817. The first-order valence-electron chi connectivity index (χ1n) is 6.93. The number of carbonyl (C=O) groups is 1. The third-order valence-electron chi connectivity index (χ3n) is 3.00. The minimum Gasteiger partial charge on any atom is -0.462 e. The van der Waals surface area contributed by atoms with Crippen LogP contribution >= 0.6 is 11.6 Å². The van der Waals surface area contributed by atoms with Crippen molar-refractivity contribution >= 4 is 40.6 Å². The standard InChI is InChI=1S/C15H13ClN4O3/c1-2-22-13(21)9-8-17-14(18-11(9)7-16)20-15-19-10-5-3-4-6-12(10)23-15/h3-6,8H,2,7H2,1H3,(H,17,18,19,20). The Morgan fingerprint density at radius 2 is 2.17 bits per heavy atom. The molecule has 0 bridgehead atoms. The van der Waals surface area contributed by atoms with E-state index in [0.717, 1.165) is 5.52 Å². The molecule has 0 atom stereocenters. The van der Waals surface area contributed by atoms with Crippen LogP contribution in [-0.2, 0) is 10.6 Å². The molecule has 3 rings (SSSR count). The Labute approximate surface area is 136 Å². The highest BCUT2D eigenvalue weighted by Gasteiger charge is 2.16. The van der Waals surface area contributed by atoms with Crippen molar-refractivity contribution in [1.82, 2.24) is 15.0 Å². The van der Waals surface area contributed by atoms with Crippen molar-refractivity contribution in [3.63, 3.8) is 0 Å². The molecule has 0 saturated carbocycles. The molecule has 1 N–H and O–H groups in total. The zero-order valence-electron chi connectivity index (χ0n) is 12.2. The molecular weight excluding hydrogens is 320 g/mol. The summed E-state index contributed by atoms with van der Waals surface area (Å²) in [7, 11) is 0. The summed E-state index contributed by atoms with van der Waals surface area (Å²) < 4.78 is 10.5. The van der Waals surface area contributed by atoms with Gasteiger partial charge in [-0.15, -0.1) is 11.6 Å². The van der Waals surface area contributed by atoms with Gasteiger partial charge in [0.05, 0.1) is 18.2 Å². The molecule has 2 heterocycles. The molecule has 23 heavy (non-hydrogen) atoms. The lowest BCUT2D eigenvalue weighted by Crippen LogP contribution is -2.11. The first kappa shape index (κ1) is 15.2. The van der Waals surface area contributed by atoms with E-state index < -0.39 is 5.97 Å². The normalized spacial score (nSPS) is 10.7. The molecule has 3 aromatic rings. The number of benzene rings is 1. The number of hydrogen-bond acceptors (Lipinski definition) is 7. The number of anilines is 2. The van der Waals surface area contributed by atoms with E-state index in [1.165, 1.54) is 6.20 Å². The zero-order chi connectivity index (χ0) is 16.2. The molecule has 0 radical (unpaired) electrons. The molecule has 0 amide bonds. The molecule has 0 fully saturated rings. The largest absolute Gasteiger partial charge is 0.462 e. The average Bonchev–Trinajstić information content (AvgIpc) is 2.97. The molecule has 0 aliphatic carbocycles. The molecule has 7 nitrogen and oxygen atoms in total. The Hall–Kier alpha value is -2.67. The molecule has 0 saturated heterocycles. The van der Waals surface area contributed by atoms with Crippen LogP contribution in [0.15, 0.2) is 34.9 Å². The van der Waals surface area contributed by atoms with Gasteiger partial charge < -0.3 is 9.15 Å². The second-order valence-corrected chi connectivity index (χ2v) is 4.79. The quantitative estimate of drug-likeness (QED) is 0.566. The highest BCUT2D eigenvalue weighted by Crippen LogP contribution is 2.21.